The van der Waals surface area contributed by atoms with E-state index < -0.39 is 12.0 Å². The smallest absolute Gasteiger partial charge is 0.325 e. The van der Waals surface area contributed by atoms with Crippen molar-refractivity contribution >= 4 is 5.97 Å². The van der Waals surface area contributed by atoms with Gasteiger partial charge in [0.15, 0.2) is 0 Å². The van der Waals surface area contributed by atoms with E-state index in [1.807, 2.05) is 0 Å². The van der Waals surface area contributed by atoms with Gasteiger partial charge in [0.25, 0.3) is 0 Å². The van der Waals surface area contributed by atoms with Crippen LogP contribution in [0.5, 0.6) is 5.75 Å². The molecule has 0 heterocycles. The number of rotatable bonds is 4. The minimum atomic E-state index is -1.17. The summed E-state index contributed by atoms with van der Waals surface area (Å²) in [5.74, 6) is -1.23. The average Bonchev–Trinajstić information content (AvgIpc) is 2.27. The van der Waals surface area contributed by atoms with E-state index in [0.717, 1.165) is 0 Å². The molecule has 1 aromatic carbocycles. The van der Waals surface area contributed by atoms with E-state index in [-0.39, 0.29) is 12.3 Å². The van der Waals surface area contributed by atoms with E-state index in [0.29, 0.717) is 11.1 Å². The van der Waals surface area contributed by atoms with Crippen molar-refractivity contribution < 1.29 is 15.0 Å². The topological polar surface area (TPSA) is 132 Å². The Bertz CT molecular complexity index is 454. The van der Waals surface area contributed by atoms with Gasteiger partial charge in [0.05, 0.1) is 6.54 Å². The Morgan fingerprint density at radius 2 is 2.31 bits per heavy atom. The molecule has 0 spiro atoms. The molecule has 0 saturated heterocycles. The summed E-state index contributed by atoms with van der Waals surface area (Å²) in [5, 5.41) is 21.4. The van der Waals surface area contributed by atoms with Crippen molar-refractivity contribution in [2.75, 3.05) is 0 Å². The molecule has 4 N–H and O–H groups in total. The number of nitrogens with zero attached hydrogens (tertiary/aromatic N) is 3. The van der Waals surface area contributed by atoms with Crippen LogP contribution in [0.1, 0.15) is 17.2 Å². The van der Waals surface area contributed by atoms with Gasteiger partial charge in [-0.2, -0.15) is 0 Å². The van der Waals surface area contributed by atoms with E-state index in [4.69, 9.17) is 16.4 Å². The van der Waals surface area contributed by atoms with Crippen molar-refractivity contribution in [2.24, 2.45) is 10.8 Å². The summed E-state index contributed by atoms with van der Waals surface area (Å²) in [6, 6.07) is 2.97. The van der Waals surface area contributed by atoms with Crippen LogP contribution in [0.25, 0.3) is 10.4 Å². The number of aromatic hydroxyl groups is 1. The molecule has 7 heteroatoms. The van der Waals surface area contributed by atoms with Crippen molar-refractivity contribution in [3.05, 3.63) is 39.8 Å². The van der Waals surface area contributed by atoms with Gasteiger partial charge in [-0.25, -0.2) is 0 Å². The molecule has 0 saturated carbocycles. The van der Waals surface area contributed by atoms with Gasteiger partial charge in [0.2, 0.25) is 0 Å². The van der Waals surface area contributed by atoms with Crippen LogP contribution in [-0.2, 0) is 11.3 Å². The number of nitrogens with two attached hydrogens (primary N) is 1. The number of benzene rings is 1. The number of hydrogen-bond acceptors (Lipinski definition) is 4. The number of carboxylic acids is 1. The van der Waals surface area contributed by atoms with Crippen LogP contribution in [0.2, 0.25) is 0 Å². The van der Waals surface area contributed by atoms with Gasteiger partial charge in [-0.15, -0.1) is 0 Å². The monoisotopic (exact) mass is 222 g/mol. The highest BCUT2D eigenvalue weighted by molar-refractivity contribution is 5.75. The molecule has 0 fully saturated rings. The molecule has 1 aromatic rings. The Hall–Kier alpha value is -2.24. The molecule has 7 nitrogen and oxygen atoms in total. The zero-order chi connectivity index (χ0) is 12.1. The minimum Gasteiger partial charge on any atom is -0.508 e. The summed E-state index contributed by atoms with van der Waals surface area (Å²) >= 11 is 0. The van der Waals surface area contributed by atoms with Crippen molar-refractivity contribution in [3.8, 4) is 5.75 Å². The molecule has 0 aromatic heterocycles. The molecule has 0 amide bonds. The lowest BCUT2D eigenvalue weighted by molar-refractivity contribution is -0.138. The third kappa shape index (κ3) is 2.63. The fourth-order valence-electron chi connectivity index (χ4n) is 1.18. The molecule has 0 aliphatic carbocycles. The zero-order valence-corrected chi connectivity index (χ0v) is 8.24. The van der Waals surface area contributed by atoms with Crippen LogP contribution in [0.15, 0.2) is 23.3 Å². The van der Waals surface area contributed by atoms with Crippen molar-refractivity contribution in [3.63, 3.8) is 0 Å². The largest absolute Gasteiger partial charge is 0.508 e. The first kappa shape index (κ1) is 11.8. The van der Waals surface area contributed by atoms with E-state index in [1.165, 1.54) is 18.2 Å². The summed E-state index contributed by atoms with van der Waals surface area (Å²) in [6.07, 6.45) is 0. The van der Waals surface area contributed by atoms with Gasteiger partial charge in [-0.1, -0.05) is 11.2 Å². The second-order valence-corrected chi connectivity index (χ2v) is 3.09. The van der Waals surface area contributed by atoms with Crippen LogP contribution >= 0.6 is 0 Å². The van der Waals surface area contributed by atoms with Gasteiger partial charge in [-0.3, -0.25) is 4.79 Å². The molecule has 1 atom stereocenters. The SMILES string of the molecule is [N-]=[N+]=NCc1cc(C(N)C(=O)O)ccc1O. The normalized spacial score (nSPS) is 11.6. The van der Waals surface area contributed by atoms with Gasteiger partial charge < -0.3 is 15.9 Å². The van der Waals surface area contributed by atoms with E-state index in [1.54, 1.807) is 0 Å². The van der Waals surface area contributed by atoms with E-state index in [2.05, 4.69) is 10.0 Å². The Morgan fingerprint density at radius 1 is 1.62 bits per heavy atom. The van der Waals surface area contributed by atoms with Gasteiger partial charge in [-0.05, 0) is 28.8 Å². The van der Waals surface area contributed by atoms with E-state index >= 15 is 0 Å². The summed E-state index contributed by atoms with van der Waals surface area (Å²) in [7, 11) is 0. The fraction of sp³-hybridized carbons (Fsp3) is 0.222. The van der Waals surface area contributed by atoms with Crippen molar-refractivity contribution in [2.45, 2.75) is 12.6 Å². The number of aliphatic carboxylic acids is 1. The lowest BCUT2D eigenvalue weighted by Crippen LogP contribution is -2.20. The van der Waals surface area contributed by atoms with Gasteiger partial charge in [0.1, 0.15) is 11.8 Å². The summed E-state index contributed by atoms with van der Waals surface area (Å²) in [4.78, 5) is 13.2. The molecule has 1 unspecified atom stereocenters. The lowest BCUT2D eigenvalue weighted by atomic mass is 10.0. The summed E-state index contributed by atoms with van der Waals surface area (Å²) < 4.78 is 0. The Balaban J connectivity index is 3.06. The van der Waals surface area contributed by atoms with Crippen LogP contribution in [0, 0.1) is 0 Å². The molecule has 0 bridgehead atoms. The maximum atomic E-state index is 10.6. The molecule has 84 valence electrons. The Kier molecular flexibility index (Phi) is 3.71. The quantitative estimate of drug-likeness (QED) is 0.402. The highest BCUT2D eigenvalue weighted by atomic mass is 16.4. The molecular weight excluding hydrogens is 212 g/mol. The first-order valence-corrected chi connectivity index (χ1v) is 4.37. The average molecular weight is 222 g/mol. The summed E-state index contributed by atoms with van der Waals surface area (Å²) in [5.41, 5.74) is 14.2. The van der Waals surface area contributed by atoms with Gasteiger partial charge in [0, 0.05) is 4.91 Å². The van der Waals surface area contributed by atoms with Crippen LogP contribution in [0.4, 0.5) is 0 Å². The Morgan fingerprint density at radius 3 is 2.88 bits per heavy atom. The highest BCUT2D eigenvalue weighted by Gasteiger charge is 2.15. The fourth-order valence-corrected chi connectivity index (χ4v) is 1.18. The molecular formula is C9H10N4O3. The van der Waals surface area contributed by atoms with Gasteiger partial charge >= 0.3 is 5.97 Å². The number of phenols is 1. The second-order valence-electron chi connectivity index (χ2n) is 3.09. The highest BCUT2D eigenvalue weighted by Crippen LogP contribution is 2.22. The lowest BCUT2D eigenvalue weighted by Gasteiger charge is -2.09. The number of phenolic OH excluding ortho intramolecular Hbond substituents is 1. The number of azide groups is 1. The second kappa shape index (κ2) is 5.01. The number of hydrogen-bond donors (Lipinski definition) is 3. The minimum absolute atomic E-state index is 0.0531. The maximum absolute atomic E-state index is 10.6. The predicted molar refractivity (Wildman–Crippen MR) is 55.5 cm³/mol. The molecule has 16 heavy (non-hydrogen) atoms. The third-order valence-corrected chi connectivity index (χ3v) is 2.03. The number of carbonyl (C=O) groups is 1. The van der Waals surface area contributed by atoms with Crippen molar-refractivity contribution in [1.29, 1.82) is 0 Å². The first-order valence-electron chi connectivity index (χ1n) is 4.37. The van der Waals surface area contributed by atoms with E-state index in [9.17, 15) is 9.90 Å². The summed E-state index contributed by atoms with van der Waals surface area (Å²) in [6.45, 7) is -0.0531. The Labute approximate surface area is 90.7 Å². The molecule has 0 radical (unpaired) electrons. The molecule has 0 aliphatic heterocycles. The van der Waals surface area contributed by atoms with Crippen LogP contribution in [0.3, 0.4) is 0 Å². The van der Waals surface area contributed by atoms with Crippen LogP contribution < -0.4 is 5.73 Å². The maximum Gasteiger partial charge on any atom is 0.325 e. The number of carboxylic acid groups (broad SMARTS) is 1. The molecule has 1 rings (SSSR count). The van der Waals surface area contributed by atoms with Crippen LogP contribution in [-0.4, -0.2) is 16.2 Å². The predicted octanol–water partition coefficient (Wildman–Crippen LogP) is 1.29. The molecule has 0 aliphatic rings. The third-order valence-electron chi connectivity index (χ3n) is 2.03. The van der Waals surface area contributed by atoms with Crippen molar-refractivity contribution in [1.82, 2.24) is 0 Å². The first-order chi connectivity index (χ1) is 7.56. The zero-order valence-electron chi connectivity index (χ0n) is 8.24. The standard InChI is InChI=1S/C9H10N4O3/c10-8(9(15)16)5-1-2-7(14)6(3-5)4-12-13-11/h1-3,8,14H,4,10H2,(H,15,16).